The number of aliphatic carboxylic acids is 3. The largest absolute Gasteiger partial charge is 0.481 e. The first-order valence-electron chi connectivity index (χ1n) is 25.3. The molecule has 4 atom stereocenters. The van der Waals surface area contributed by atoms with Gasteiger partial charge in [-0.15, -0.1) is 5.92 Å². The van der Waals surface area contributed by atoms with Crippen molar-refractivity contribution in [2.45, 2.75) is 141 Å². The molecule has 25 heteroatoms. The van der Waals surface area contributed by atoms with Crippen molar-refractivity contribution in [2.75, 3.05) is 90.6 Å². The third-order valence-electron chi connectivity index (χ3n) is 10.4. The van der Waals surface area contributed by atoms with E-state index in [1.165, 1.54) is 12.8 Å². The molecule has 0 bridgehead atoms. The van der Waals surface area contributed by atoms with Gasteiger partial charge in [0.25, 0.3) is 0 Å². The molecule has 0 aromatic heterocycles. The number of ketones is 2. The number of thioether (sulfide) groups is 1. The van der Waals surface area contributed by atoms with Crippen LogP contribution >= 0.6 is 11.8 Å². The number of carbonyl (C=O) groups is 10. The fourth-order valence-electron chi connectivity index (χ4n) is 6.27. The molecule has 0 spiro atoms. The van der Waals surface area contributed by atoms with Crippen LogP contribution in [0.2, 0.25) is 0 Å². The summed E-state index contributed by atoms with van der Waals surface area (Å²) in [6.45, 7) is 6.02. The molecule has 0 aliphatic carbocycles. The van der Waals surface area contributed by atoms with Crippen molar-refractivity contribution in [3.8, 4) is 0 Å². The zero-order valence-corrected chi connectivity index (χ0v) is 47.2. The van der Waals surface area contributed by atoms with E-state index in [4.69, 9.17) is 40.0 Å². The van der Waals surface area contributed by atoms with E-state index in [0.29, 0.717) is 19.1 Å². The minimum atomic E-state index is -1.26. The summed E-state index contributed by atoms with van der Waals surface area (Å²) in [7, 11) is 0. The SMILES string of the molecule is C[C@H](N)C=O.[CH2-][C@@H](CSCC(=O)NCCNC(=O)COCCOCCNC(=O)COCCOCCCC(=O)CC[C@H](NC(=O)CCCCCCCCCCCCCCC(=O)O)C(=O)O)C(=O)C[C@@H](CO)C(=O)O.[Y]. The van der Waals surface area contributed by atoms with Gasteiger partial charge in [0.1, 0.15) is 37.1 Å². The molecular weight excluding hydrogens is 1070 g/mol. The van der Waals surface area contributed by atoms with E-state index in [0.717, 1.165) is 69.5 Å². The molecule has 0 aromatic carbocycles. The van der Waals surface area contributed by atoms with Gasteiger partial charge in [-0.05, 0) is 38.4 Å². The number of Topliss-reactive ketones (excluding diaryl/α,β-unsaturated/α-hetero) is 2. The summed E-state index contributed by atoms with van der Waals surface area (Å²) >= 11 is 1.16. The van der Waals surface area contributed by atoms with Gasteiger partial charge in [-0.25, -0.2) is 4.79 Å². The number of aliphatic hydroxyl groups excluding tert-OH is 1. The zero-order valence-electron chi connectivity index (χ0n) is 43.5. The number of ether oxygens (including phenoxy) is 4. The minimum absolute atomic E-state index is 0. The van der Waals surface area contributed by atoms with Gasteiger partial charge < -0.3 is 82.9 Å². The average Bonchev–Trinajstić information content (AvgIpc) is 3.34. The summed E-state index contributed by atoms with van der Waals surface area (Å²) in [4.78, 5) is 115. The molecule has 23 nitrogen and oxygen atoms in total. The average molecular weight is 1150 g/mol. The summed E-state index contributed by atoms with van der Waals surface area (Å²) in [6, 6.07) is -1.42. The second kappa shape index (κ2) is 52.9. The quantitative estimate of drug-likeness (QED) is 0.0239. The maximum Gasteiger partial charge on any atom is 0.326 e. The van der Waals surface area contributed by atoms with Crippen LogP contribution in [-0.4, -0.2) is 183 Å². The van der Waals surface area contributed by atoms with Crippen molar-refractivity contribution in [1.82, 2.24) is 21.3 Å². The van der Waals surface area contributed by atoms with E-state index < -0.39 is 54.1 Å². The van der Waals surface area contributed by atoms with E-state index in [1.807, 2.05) is 0 Å². The Labute approximate surface area is 466 Å². The van der Waals surface area contributed by atoms with Gasteiger partial charge in [0.2, 0.25) is 23.6 Å². The summed E-state index contributed by atoms with van der Waals surface area (Å²) in [5.74, 6) is -6.74. The van der Waals surface area contributed by atoms with Gasteiger partial charge in [-0.1, -0.05) is 64.2 Å². The number of carbonyl (C=O) groups excluding carboxylic acids is 7. The van der Waals surface area contributed by atoms with E-state index in [9.17, 15) is 53.1 Å². The molecule has 74 heavy (non-hydrogen) atoms. The van der Waals surface area contributed by atoms with Crippen molar-refractivity contribution in [3.63, 3.8) is 0 Å². The van der Waals surface area contributed by atoms with Crippen LogP contribution in [0.15, 0.2) is 0 Å². The van der Waals surface area contributed by atoms with Gasteiger partial charge in [-0.3, -0.25) is 33.6 Å². The fraction of sp³-hybridized carbons (Fsp3) is 0.776. The number of carboxylic acid groups (broad SMARTS) is 3. The monoisotopic (exact) mass is 1150 g/mol. The molecule has 0 saturated carbocycles. The number of aldehydes is 1. The predicted molar refractivity (Wildman–Crippen MR) is 271 cm³/mol. The van der Waals surface area contributed by atoms with Crippen LogP contribution in [0.25, 0.3) is 0 Å². The molecule has 0 aromatic rings. The van der Waals surface area contributed by atoms with Crippen molar-refractivity contribution >= 4 is 71.2 Å². The summed E-state index contributed by atoms with van der Waals surface area (Å²) in [5, 5.41) is 46.6. The molecule has 0 unspecified atom stereocenters. The smallest absolute Gasteiger partial charge is 0.326 e. The topological polar surface area (TPSA) is 363 Å². The standard InChI is InChI=1S/C46H79N4O17S.C3H7NO.Y/c1-35(39(53)29-36(30-51)45(60)61)33-68-34-43(57)48-21-20-47-41(55)31-67-28-26-65-24-22-49-42(56)32-66-27-25-64-23-14-15-37(52)18-19-38(46(62)63)50-40(54)16-12-10-8-6-4-2-3-5-7-9-11-13-17-44(58)59;1-3(4)2-5;/h35-36,38,51H,1-34H2,(H,47,55)(H,48,57)(H,49,56)(H,50,54)(H,58,59)(H,60,61)(H,62,63);2-3H,4H2,1H3;/q-1;;/t35-,36-,38-;3-;/m00./s1. The number of hydrogen-bond acceptors (Lipinski definition) is 17. The minimum Gasteiger partial charge on any atom is -0.481 e. The Morgan fingerprint density at radius 3 is 1.55 bits per heavy atom. The van der Waals surface area contributed by atoms with Gasteiger partial charge in [-0.2, -0.15) is 11.8 Å². The molecule has 1 radical (unpaired) electrons. The van der Waals surface area contributed by atoms with Crippen molar-refractivity contribution in [3.05, 3.63) is 6.92 Å². The van der Waals surface area contributed by atoms with Crippen molar-refractivity contribution < 1.29 is 120 Å². The number of amides is 4. The molecule has 0 aliphatic heterocycles. The van der Waals surface area contributed by atoms with Gasteiger partial charge >= 0.3 is 17.9 Å². The molecule has 0 saturated heterocycles. The first kappa shape index (κ1) is 74.8. The third-order valence-corrected chi connectivity index (χ3v) is 11.5. The third kappa shape index (κ3) is 52.0. The molecular formula is C49H86N5O18SY-. The predicted octanol–water partition coefficient (Wildman–Crippen LogP) is 2.01. The Bertz CT molecular complexity index is 1570. The Morgan fingerprint density at radius 1 is 0.595 bits per heavy atom. The normalized spacial score (nSPS) is 12.3. The number of carboxylic acids is 3. The maximum absolute atomic E-state index is 12.3. The van der Waals surface area contributed by atoms with Crippen LogP contribution in [0.1, 0.15) is 129 Å². The summed E-state index contributed by atoms with van der Waals surface area (Å²) in [6.07, 6.45) is 13.8. The van der Waals surface area contributed by atoms with Gasteiger partial charge in [0.15, 0.2) is 0 Å². The Hall–Kier alpha value is -3.49. The van der Waals surface area contributed by atoms with Gasteiger partial charge in [0.05, 0.1) is 57.4 Å². The molecule has 0 fully saturated rings. The second-order valence-electron chi connectivity index (χ2n) is 17.3. The number of rotatable bonds is 50. The van der Waals surface area contributed by atoms with Crippen LogP contribution in [0, 0.1) is 18.8 Å². The molecule has 0 heterocycles. The van der Waals surface area contributed by atoms with E-state index in [-0.39, 0.29) is 185 Å². The Kier molecular flexibility index (Phi) is 53.5. The van der Waals surface area contributed by atoms with Crippen LogP contribution in [-0.2, 0) is 99.6 Å². The van der Waals surface area contributed by atoms with E-state index in [2.05, 4.69) is 28.2 Å². The number of aliphatic hydroxyl groups is 1. The fourth-order valence-corrected chi connectivity index (χ4v) is 7.15. The first-order valence-corrected chi connectivity index (χ1v) is 26.4. The molecule has 0 rings (SSSR count). The Balaban J connectivity index is -0.00000797. The van der Waals surface area contributed by atoms with Crippen molar-refractivity contribution in [1.29, 1.82) is 0 Å². The zero-order chi connectivity index (χ0) is 54.9. The molecule has 425 valence electrons. The maximum atomic E-state index is 12.3. The first-order chi connectivity index (χ1) is 34.9. The van der Waals surface area contributed by atoms with Crippen LogP contribution in [0.4, 0.5) is 0 Å². The Morgan fingerprint density at radius 2 is 1.07 bits per heavy atom. The number of nitrogens with one attached hydrogen (secondary N) is 4. The van der Waals surface area contributed by atoms with Crippen LogP contribution in [0.5, 0.6) is 0 Å². The van der Waals surface area contributed by atoms with Crippen molar-refractivity contribution in [2.24, 2.45) is 17.6 Å². The van der Waals surface area contributed by atoms with Gasteiger partial charge in [0, 0.05) is 91.1 Å². The molecule has 0 aliphatic rings. The summed E-state index contributed by atoms with van der Waals surface area (Å²) in [5.41, 5.74) is 4.92. The molecule has 10 N–H and O–H groups in total. The molecule has 4 amide bonds. The second-order valence-corrected chi connectivity index (χ2v) is 18.3. The van der Waals surface area contributed by atoms with Crippen LogP contribution in [0.3, 0.4) is 0 Å². The number of nitrogens with two attached hydrogens (primary N) is 1. The van der Waals surface area contributed by atoms with Crippen LogP contribution < -0.4 is 27.0 Å². The van der Waals surface area contributed by atoms with E-state index in [1.54, 1.807) is 6.92 Å². The number of hydrogen-bond donors (Lipinski definition) is 9. The number of unbranched alkanes of at least 4 members (excludes halogenated alkanes) is 11. The van der Waals surface area contributed by atoms with E-state index >= 15 is 0 Å². The summed E-state index contributed by atoms with van der Waals surface area (Å²) < 4.78 is 21.3.